The summed E-state index contributed by atoms with van der Waals surface area (Å²) in [7, 11) is 0. The van der Waals surface area contributed by atoms with Crippen LogP contribution in [0.5, 0.6) is 0 Å². The zero-order valence-corrected chi connectivity index (χ0v) is 7.25. The monoisotopic (exact) mass is 162 g/mol. The maximum Gasteiger partial charge on any atom is 0.0657 e. The van der Waals surface area contributed by atoms with Gasteiger partial charge in [-0.2, -0.15) is 0 Å². The second kappa shape index (κ2) is 2.46. The van der Waals surface area contributed by atoms with Crippen LogP contribution in [-0.2, 0) is 4.74 Å². The number of hydrogen-bond acceptors (Lipinski definition) is 1. The molecule has 64 valence electrons. The maximum absolute atomic E-state index is 5.39. The summed E-state index contributed by atoms with van der Waals surface area (Å²) in [5, 5.41) is 0. The third-order valence-corrected chi connectivity index (χ3v) is 3.49. The van der Waals surface area contributed by atoms with Gasteiger partial charge in [-0.1, -0.05) is 18.6 Å². The average Bonchev–Trinajstić information content (AvgIpc) is 2.37. The minimum absolute atomic E-state index is 0.832. The first kappa shape index (κ1) is 6.90. The molecule has 0 aromatic carbocycles. The van der Waals surface area contributed by atoms with Crippen molar-refractivity contribution >= 4 is 0 Å². The molecular formula is C11H14O. The van der Waals surface area contributed by atoms with E-state index in [0.717, 1.165) is 25.0 Å². The molecule has 0 N–H and O–H groups in total. The fraction of sp³-hybridized carbons (Fsp3) is 0.636. The molecule has 0 aromatic rings. The van der Waals surface area contributed by atoms with E-state index in [1.54, 1.807) is 11.1 Å². The van der Waals surface area contributed by atoms with Gasteiger partial charge >= 0.3 is 0 Å². The van der Waals surface area contributed by atoms with Gasteiger partial charge in [0.05, 0.1) is 13.2 Å². The lowest BCUT2D eigenvalue weighted by molar-refractivity contribution is 0.195. The van der Waals surface area contributed by atoms with Gasteiger partial charge < -0.3 is 4.74 Å². The van der Waals surface area contributed by atoms with Crippen molar-refractivity contribution in [2.45, 2.75) is 19.3 Å². The van der Waals surface area contributed by atoms with Crippen molar-refractivity contribution in [2.24, 2.45) is 11.8 Å². The van der Waals surface area contributed by atoms with E-state index >= 15 is 0 Å². The fourth-order valence-electron chi connectivity index (χ4n) is 2.94. The fourth-order valence-corrected chi connectivity index (χ4v) is 2.94. The summed E-state index contributed by atoms with van der Waals surface area (Å²) in [6.45, 7) is 1.66. The summed E-state index contributed by atoms with van der Waals surface area (Å²) in [5.41, 5.74) is 3.24. The van der Waals surface area contributed by atoms with Gasteiger partial charge in [-0.3, -0.25) is 0 Å². The molecule has 0 spiro atoms. The van der Waals surface area contributed by atoms with Gasteiger partial charge in [-0.05, 0) is 35.8 Å². The number of ether oxygens (including phenoxy) is 1. The van der Waals surface area contributed by atoms with Crippen LogP contribution in [0.4, 0.5) is 0 Å². The molecule has 1 nitrogen and oxygen atoms in total. The first-order valence-corrected chi connectivity index (χ1v) is 4.95. The Balaban J connectivity index is 1.96. The van der Waals surface area contributed by atoms with Crippen LogP contribution in [0, 0.1) is 11.8 Å². The van der Waals surface area contributed by atoms with Crippen LogP contribution in [0.15, 0.2) is 23.3 Å². The van der Waals surface area contributed by atoms with E-state index in [0.29, 0.717) is 0 Å². The van der Waals surface area contributed by atoms with Gasteiger partial charge in [0.15, 0.2) is 0 Å². The minimum Gasteiger partial charge on any atom is -0.373 e. The van der Waals surface area contributed by atoms with Crippen LogP contribution in [0.25, 0.3) is 0 Å². The van der Waals surface area contributed by atoms with Crippen molar-refractivity contribution in [3.63, 3.8) is 0 Å². The van der Waals surface area contributed by atoms with E-state index in [-0.39, 0.29) is 0 Å². The van der Waals surface area contributed by atoms with Gasteiger partial charge in [0.1, 0.15) is 0 Å². The summed E-state index contributed by atoms with van der Waals surface area (Å²) in [6, 6.07) is 0. The highest BCUT2D eigenvalue weighted by Crippen LogP contribution is 2.54. The smallest absolute Gasteiger partial charge is 0.0657 e. The quantitative estimate of drug-likeness (QED) is 0.531. The molecule has 2 saturated carbocycles. The van der Waals surface area contributed by atoms with Gasteiger partial charge in [-0.15, -0.1) is 0 Å². The summed E-state index contributed by atoms with van der Waals surface area (Å²) >= 11 is 0. The topological polar surface area (TPSA) is 9.23 Å². The highest BCUT2D eigenvalue weighted by Gasteiger charge is 2.43. The molecular weight excluding hydrogens is 148 g/mol. The zero-order valence-electron chi connectivity index (χ0n) is 7.25. The first-order valence-electron chi connectivity index (χ1n) is 4.95. The van der Waals surface area contributed by atoms with E-state index in [2.05, 4.69) is 12.2 Å². The Morgan fingerprint density at radius 2 is 1.58 bits per heavy atom. The van der Waals surface area contributed by atoms with Crippen molar-refractivity contribution < 1.29 is 4.74 Å². The predicted octanol–water partition coefficient (Wildman–Crippen LogP) is 2.30. The lowest BCUT2D eigenvalue weighted by Crippen LogP contribution is -2.27. The van der Waals surface area contributed by atoms with Crippen molar-refractivity contribution in [1.29, 1.82) is 0 Å². The number of allylic oxidation sites excluding steroid dienone is 2. The van der Waals surface area contributed by atoms with Crippen molar-refractivity contribution in [3.05, 3.63) is 23.3 Å². The molecule has 2 unspecified atom stereocenters. The Bertz CT molecular complexity index is 236. The molecule has 12 heavy (non-hydrogen) atoms. The van der Waals surface area contributed by atoms with E-state index in [1.807, 2.05) is 0 Å². The van der Waals surface area contributed by atoms with Gasteiger partial charge in [0, 0.05) is 0 Å². The number of fused-ring (bicyclic) bond motifs is 4. The van der Waals surface area contributed by atoms with Crippen LogP contribution in [0.3, 0.4) is 0 Å². The lowest BCUT2D eigenvalue weighted by atomic mass is 9.67. The summed E-state index contributed by atoms with van der Waals surface area (Å²) in [4.78, 5) is 0. The average molecular weight is 162 g/mol. The molecule has 3 rings (SSSR count). The molecule has 0 radical (unpaired) electrons. The van der Waals surface area contributed by atoms with Crippen LogP contribution in [0.2, 0.25) is 0 Å². The Kier molecular flexibility index (Phi) is 1.42. The second-order valence-corrected chi connectivity index (χ2v) is 4.00. The summed E-state index contributed by atoms with van der Waals surface area (Å²) in [5.74, 6) is 1.83. The Morgan fingerprint density at radius 3 is 2.17 bits per heavy atom. The predicted molar refractivity (Wildman–Crippen MR) is 47.8 cm³/mol. The lowest BCUT2D eigenvalue weighted by Gasteiger charge is -2.37. The van der Waals surface area contributed by atoms with Crippen molar-refractivity contribution in [2.75, 3.05) is 13.2 Å². The van der Waals surface area contributed by atoms with E-state index in [4.69, 9.17) is 4.74 Å². The molecule has 1 heteroatoms. The largest absolute Gasteiger partial charge is 0.373 e. The minimum atomic E-state index is 0.832. The number of hydrogen-bond donors (Lipinski definition) is 0. The molecule has 0 aromatic heterocycles. The van der Waals surface area contributed by atoms with Crippen LogP contribution in [-0.4, -0.2) is 13.2 Å². The molecule has 2 fully saturated rings. The highest BCUT2D eigenvalue weighted by molar-refractivity contribution is 5.47. The Hall–Kier alpha value is -0.560. The van der Waals surface area contributed by atoms with Gasteiger partial charge in [0.2, 0.25) is 0 Å². The van der Waals surface area contributed by atoms with Crippen molar-refractivity contribution in [1.82, 2.24) is 0 Å². The second-order valence-electron chi connectivity index (χ2n) is 4.00. The molecule has 2 aliphatic carbocycles. The van der Waals surface area contributed by atoms with E-state index < -0.39 is 0 Å². The van der Waals surface area contributed by atoms with Crippen LogP contribution < -0.4 is 0 Å². The van der Waals surface area contributed by atoms with Crippen LogP contribution in [0.1, 0.15) is 19.3 Å². The Labute approximate surface area is 73.1 Å². The third-order valence-electron chi connectivity index (χ3n) is 3.49. The molecule has 1 aliphatic heterocycles. The maximum atomic E-state index is 5.39. The molecule has 0 bridgehead atoms. The van der Waals surface area contributed by atoms with E-state index in [1.165, 1.54) is 19.3 Å². The standard InChI is InChI=1S/C11H14O/c1-2-8-9(3-1)11-5-7-12-6-4-10(8)11/h4-5,8-9H,1-3,6-7H2. The molecule has 0 saturated heterocycles. The molecule has 0 amide bonds. The van der Waals surface area contributed by atoms with Gasteiger partial charge in [-0.25, -0.2) is 0 Å². The normalized spacial score (nSPS) is 38.7. The zero-order chi connectivity index (χ0) is 7.97. The van der Waals surface area contributed by atoms with Crippen molar-refractivity contribution in [3.8, 4) is 0 Å². The summed E-state index contributed by atoms with van der Waals surface area (Å²) in [6.07, 6.45) is 8.88. The van der Waals surface area contributed by atoms with Crippen LogP contribution >= 0.6 is 0 Å². The first-order chi connectivity index (χ1) is 5.97. The summed E-state index contributed by atoms with van der Waals surface area (Å²) < 4.78 is 5.39. The third kappa shape index (κ3) is 0.776. The Morgan fingerprint density at radius 1 is 1.00 bits per heavy atom. The van der Waals surface area contributed by atoms with Gasteiger partial charge in [0.25, 0.3) is 0 Å². The highest BCUT2D eigenvalue weighted by atomic mass is 16.5. The molecule has 2 atom stereocenters. The molecule has 3 aliphatic rings. The number of rotatable bonds is 0. The SMILES string of the molecule is C1=C2C(=CCOC1)C1CCCC21. The molecule has 1 heterocycles. The van der Waals surface area contributed by atoms with E-state index in [9.17, 15) is 0 Å².